The molecule has 8 heteroatoms. The van der Waals surface area contributed by atoms with Gasteiger partial charge in [0.25, 0.3) is 11.6 Å². The fraction of sp³-hybridized carbons (Fsp3) is 0.263. The first-order valence-electron chi connectivity index (χ1n) is 8.62. The van der Waals surface area contributed by atoms with Crippen LogP contribution in [0.2, 0.25) is 0 Å². The van der Waals surface area contributed by atoms with Crippen LogP contribution in [0.15, 0.2) is 34.9 Å². The second kappa shape index (κ2) is 6.79. The van der Waals surface area contributed by atoms with E-state index in [0.29, 0.717) is 11.1 Å². The van der Waals surface area contributed by atoms with Crippen molar-refractivity contribution in [1.29, 1.82) is 0 Å². The number of hydrogen-bond donors (Lipinski definition) is 2. The SMILES string of the molecule is Cc1noc2nc(-c3ccccc3F)cc(C(=O)NCC(=O)NC3CC3)c12. The summed E-state index contributed by atoms with van der Waals surface area (Å²) >= 11 is 0. The Balaban J connectivity index is 1.67. The highest BCUT2D eigenvalue weighted by atomic mass is 19.1. The fourth-order valence-electron chi connectivity index (χ4n) is 2.84. The van der Waals surface area contributed by atoms with Gasteiger partial charge in [0.2, 0.25) is 5.91 Å². The number of benzene rings is 1. The number of aryl methyl sites for hydroxylation is 1. The molecule has 2 N–H and O–H groups in total. The van der Waals surface area contributed by atoms with E-state index in [1.54, 1.807) is 25.1 Å². The number of rotatable bonds is 5. The molecule has 7 nitrogen and oxygen atoms in total. The standard InChI is InChI=1S/C19H17FN4O3/c1-10-17-13(18(26)21-9-16(25)22-11-6-7-11)8-15(23-19(17)27-24-10)12-4-2-3-5-14(12)20/h2-5,8,11H,6-7,9H2,1H3,(H,21,26)(H,22,25). The Kier molecular flexibility index (Phi) is 4.31. The minimum absolute atomic E-state index is 0.140. The molecular weight excluding hydrogens is 351 g/mol. The molecule has 2 heterocycles. The number of nitrogens with zero attached hydrogens (tertiary/aromatic N) is 2. The van der Waals surface area contributed by atoms with E-state index in [1.807, 2.05) is 0 Å². The van der Waals surface area contributed by atoms with Gasteiger partial charge in [0.15, 0.2) is 0 Å². The number of hydrogen-bond acceptors (Lipinski definition) is 5. The highest BCUT2D eigenvalue weighted by Gasteiger charge is 2.24. The number of fused-ring (bicyclic) bond motifs is 1. The van der Waals surface area contributed by atoms with E-state index >= 15 is 0 Å². The Morgan fingerprint density at radius 2 is 2.07 bits per heavy atom. The smallest absolute Gasteiger partial charge is 0.259 e. The molecule has 2 aromatic heterocycles. The zero-order valence-electron chi connectivity index (χ0n) is 14.6. The maximum absolute atomic E-state index is 14.2. The van der Waals surface area contributed by atoms with Gasteiger partial charge in [-0.15, -0.1) is 0 Å². The molecule has 0 spiro atoms. The van der Waals surface area contributed by atoms with Gasteiger partial charge in [-0.05, 0) is 38.0 Å². The van der Waals surface area contributed by atoms with Gasteiger partial charge in [-0.1, -0.05) is 17.3 Å². The van der Waals surface area contributed by atoms with Crippen molar-refractivity contribution in [2.45, 2.75) is 25.8 Å². The molecule has 0 saturated heterocycles. The van der Waals surface area contributed by atoms with Gasteiger partial charge in [-0.25, -0.2) is 9.37 Å². The van der Waals surface area contributed by atoms with Gasteiger partial charge in [0.1, 0.15) is 5.82 Å². The molecule has 1 fully saturated rings. The predicted octanol–water partition coefficient (Wildman–Crippen LogP) is 2.35. The Labute approximate surface area is 153 Å². The Morgan fingerprint density at radius 3 is 2.81 bits per heavy atom. The first-order valence-corrected chi connectivity index (χ1v) is 8.62. The van der Waals surface area contributed by atoms with Gasteiger partial charge in [-0.2, -0.15) is 0 Å². The molecule has 0 atom stereocenters. The van der Waals surface area contributed by atoms with Crippen molar-refractivity contribution >= 4 is 22.9 Å². The summed E-state index contributed by atoms with van der Waals surface area (Å²) in [6.45, 7) is 1.55. The van der Waals surface area contributed by atoms with Gasteiger partial charge >= 0.3 is 0 Å². The molecule has 1 saturated carbocycles. The van der Waals surface area contributed by atoms with Gasteiger partial charge in [0.05, 0.1) is 28.9 Å². The Bertz CT molecular complexity index is 1040. The van der Waals surface area contributed by atoms with Crippen LogP contribution in [-0.2, 0) is 4.79 Å². The molecule has 0 aliphatic heterocycles. The lowest BCUT2D eigenvalue weighted by molar-refractivity contribution is -0.120. The number of carbonyl (C=O) groups excluding carboxylic acids is 2. The van der Waals surface area contributed by atoms with Crippen molar-refractivity contribution in [2.75, 3.05) is 6.54 Å². The van der Waals surface area contributed by atoms with Crippen molar-refractivity contribution in [3.63, 3.8) is 0 Å². The number of aromatic nitrogens is 2. The maximum Gasteiger partial charge on any atom is 0.259 e. The summed E-state index contributed by atoms with van der Waals surface area (Å²) in [6, 6.07) is 7.83. The number of halogens is 1. The van der Waals surface area contributed by atoms with E-state index in [9.17, 15) is 14.0 Å². The topological polar surface area (TPSA) is 97.1 Å². The average molecular weight is 368 g/mol. The third-order valence-corrected chi connectivity index (χ3v) is 4.36. The summed E-state index contributed by atoms with van der Waals surface area (Å²) in [7, 11) is 0. The summed E-state index contributed by atoms with van der Waals surface area (Å²) < 4.78 is 19.3. The lowest BCUT2D eigenvalue weighted by Gasteiger charge is -2.09. The largest absolute Gasteiger partial charge is 0.352 e. The Morgan fingerprint density at radius 1 is 1.30 bits per heavy atom. The molecule has 1 aliphatic carbocycles. The second-order valence-corrected chi connectivity index (χ2v) is 6.51. The molecule has 3 aromatic rings. The molecule has 27 heavy (non-hydrogen) atoms. The minimum atomic E-state index is -0.475. The first kappa shape index (κ1) is 17.1. The van der Waals surface area contributed by atoms with Crippen LogP contribution >= 0.6 is 0 Å². The average Bonchev–Trinajstić information content (AvgIpc) is 3.40. The van der Waals surface area contributed by atoms with Crippen LogP contribution in [0.4, 0.5) is 4.39 Å². The van der Waals surface area contributed by atoms with Crippen molar-refractivity contribution in [3.8, 4) is 11.3 Å². The van der Waals surface area contributed by atoms with Crippen LogP contribution in [0.3, 0.4) is 0 Å². The summed E-state index contributed by atoms with van der Waals surface area (Å²) in [5.41, 5.74) is 1.36. The van der Waals surface area contributed by atoms with Crippen LogP contribution < -0.4 is 10.6 Å². The molecule has 138 valence electrons. The fourth-order valence-corrected chi connectivity index (χ4v) is 2.84. The number of amides is 2. The number of carbonyl (C=O) groups is 2. The van der Waals surface area contributed by atoms with E-state index in [1.165, 1.54) is 12.1 Å². The number of nitrogens with one attached hydrogen (secondary N) is 2. The van der Waals surface area contributed by atoms with Crippen LogP contribution in [-0.4, -0.2) is 34.5 Å². The highest BCUT2D eigenvalue weighted by molar-refractivity contribution is 6.07. The van der Waals surface area contributed by atoms with E-state index in [-0.39, 0.29) is 41.0 Å². The van der Waals surface area contributed by atoms with Crippen LogP contribution in [0.1, 0.15) is 28.9 Å². The van der Waals surface area contributed by atoms with E-state index in [2.05, 4.69) is 20.8 Å². The van der Waals surface area contributed by atoms with Crippen molar-refractivity contribution in [1.82, 2.24) is 20.8 Å². The molecule has 0 unspecified atom stereocenters. The van der Waals surface area contributed by atoms with E-state index in [4.69, 9.17) is 4.52 Å². The molecule has 2 amide bonds. The predicted molar refractivity (Wildman–Crippen MR) is 95.4 cm³/mol. The zero-order valence-corrected chi connectivity index (χ0v) is 14.6. The number of pyridine rings is 1. The Hall–Kier alpha value is -3.29. The van der Waals surface area contributed by atoms with Crippen LogP contribution in [0, 0.1) is 12.7 Å². The van der Waals surface area contributed by atoms with Crippen molar-refractivity contribution in [2.24, 2.45) is 0 Å². The van der Waals surface area contributed by atoms with Gasteiger partial charge in [-0.3, -0.25) is 9.59 Å². The van der Waals surface area contributed by atoms with Crippen molar-refractivity contribution in [3.05, 3.63) is 47.4 Å². The lowest BCUT2D eigenvalue weighted by Crippen LogP contribution is -2.37. The quantitative estimate of drug-likeness (QED) is 0.720. The van der Waals surface area contributed by atoms with Crippen molar-refractivity contribution < 1.29 is 18.5 Å². The molecule has 1 aromatic carbocycles. The normalized spacial score (nSPS) is 13.6. The third kappa shape index (κ3) is 3.51. The molecule has 0 radical (unpaired) electrons. The molecule has 4 rings (SSSR count). The van der Waals surface area contributed by atoms with Crippen LogP contribution in [0.5, 0.6) is 0 Å². The minimum Gasteiger partial charge on any atom is -0.352 e. The second-order valence-electron chi connectivity index (χ2n) is 6.51. The zero-order chi connectivity index (χ0) is 19.0. The highest BCUT2D eigenvalue weighted by Crippen LogP contribution is 2.28. The molecular formula is C19H17FN4O3. The third-order valence-electron chi connectivity index (χ3n) is 4.36. The summed E-state index contributed by atoms with van der Waals surface area (Å²) in [5, 5.41) is 9.68. The summed E-state index contributed by atoms with van der Waals surface area (Å²) in [5.74, 6) is -1.18. The molecule has 0 bridgehead atoms. The summed E-state index contributed by atoms with van der Waals surface area (Å²) in [6.07, 6.45) is 1.94. The van der Waals surface area contributed by atoms with E-state index in [0.717, 1.165) is 12.8 Å². The van der Waals surface area contributed by atoms with Gasteiger partial charge in [0, 0.05) is 11.6 Å². The first-order chi connectivity index (χ1) is 13.0. The van der Waals surface area contributed by atoms with Crippen LogP contribution in [0.25, 0.3) is 22.4 Å². The van der Waals surface area contributed by atoms with Gasteiger partial charge < -0.3 is 15.2 Å². The summed E-state index contributed by atoms with van der Waals surface area (Å²) in [4.78, 5) is 28.8. The molecule has 1 aliphatic rings. The lowest BCUT2D eigenvalue weighted by atomic mass is 10.0. The van der Waals surface area contributed by atoms with E-state index < -0.39 is 11.7 Å². The monoisotopic (exact) mass is 368 g/mol. The maximum atomic E-state index is 14.2.